The number of nitrogens with one attached hydrogen (secondary N) is 1. The lowest BCUT2D eigenvalue weighted by Gasteiger charge is -2.22. The van der Waals surface area contributed by atoms with Gasteiger partial charge in [-0.05, 0) is 43.4 Å². The van der Waals surface area contributed by atoms with Crippen LogP contribution in [-0.2, 0) is 19.2 Å². The van der Waals surface area contributed by atoms with Crippen LogP contribution in [0.4, 0.5) is 0 Å². The number of hydroxylamine groups is 1. The van der Waals surface area contributed by atoms with Gasteiger partial charge in [0.2, 0.25) is 0 Å². The fourth-order valence-electron chi connectivity index (χ4n) is 4.05. The molecule has 27 heavy (non-hydrogen) atoms. The number of pyridine rings is 1. The lowest BCUT2D eigenvalue weighted by atomic mass is 9.85. The molecule has 1 saturated carbocycles. The first-order chi connectivity index (χ1) is 13.2. The van der Waals surface area contributed by atoms with Crippen molar-refractivity contribution in [1.82, 2.24) is 10.5 Å². The Hall–Kier alpha value is -2.21. The number of aromatic nitrogens is 1. The number of carbonyl (C=O) groups is 2. The normalized spacial score (nSPS) is 24.6. The predicted octanol–water partition coefficient (Wildman–Crippen LogP) is 3.43. The molecule has 0 spiro atoms. The molecule has 2 aliphatic rings. The zero-order chi connectivity index (χ0) is 19.1. The van der Waals surface area contributed by atoms with Gasteiger partial charge in [-0.25, -0.2) is 0 Å². The summed E-state index contributed by atoms with van der Waals surface area (Å²) in [5.41, 5.74) is 3.90. The number of hydrogen-bond donors (Lipinski definition) is 1. The molecule has 0 bridgehead atoms. The van der Waals surface area contributed by atoms with Gasteiger partial charge in [0, 0.05) is 25.0 Å². The Labute approximate surface area is 160 Å². The third-order valence-corrected chi connectivity index (χ3v) is 5.54. The van der Waals surface area contributed by atoms with Crippen LogP contribution < -0.4 is 5.48 Å². The van der Waals surface area contributed by atoms with Crippen molar-refractivity contribution in [1.29, 1.82) is 0 Å². The second-order valence-electron chi connectivity index (χ2n) is 7.30. The lowest BCUT2D eigenvalue weighted by molar-refractivity contribution is -0.140. The van der Waals surface area contributed by atoms with E-state index in [4.69, 9.17) is 4.84 Å². The van der Waals surface area contributed by atoms with Gasteiger partial charge in [-0.2, -0.15) is 0 Å². The summed E-state index contributed by atoms with van der Waals surface area (Å²) < 4.78 is 4.65. The number of hydrogen-bond acceptors (Lipinski definition) is 6. The Bertz CT molecular complexity index is 674. The molecule has 3 atom stereocenters. The van der Waals surface area contributed by atoms with E-state index in [0.717, 1.165) is 50.0 Å². The van der Waals surface area contributed by atoms with Crippen molar-refractivity contribution in [2.45, 2.75) is 57.4 Å². The fraction of sp³-hybridized carbons (Fsp3) is 0.571. The Morgan fingerprint density at radius 2 is 2.15 bits per heavy atom. The first-order valence-corrected chi connectivity index (χ1v) is 9.84. The maximum absolute atomic E-state index is 12.4. The van der Waals surface area contributed by atoms with Crippen LogP contribution in [0, 0.1) is 11.8 Å². The number of rotatable bonds is 9. The maximum Gasteiger partial charge on any atom is 0.305 e. The molecule has 0 saturated heterocycles. The molecule has 0 amide bonds. The highest BCUT2D eigenvalue weighted by molar-refractivity contribution is 5.83. The van der Waals surface area contributed by atoms with Gasteiger partial charge in [0.05, 0.1) is 13.2 Å². The Morgan fingerprint density at radius 1 is 1.30 bits per heavy atom. The second kappa shape index (κ2) is 9.65. The zero-order valence-corrected chi connectivity index (χ0v) is 15.9. The van der Waals surface area contributed by atoms with Gasteiger partial charge in [0.25, 0.3) is 0 Å². The fourth-order valence-corrected chi connectivity index (χ4v) is 4.05. The van der Waals surface area contributed by atoms with Crippen molar-refractivity contribution in [2.24, 2.45) is 11.8 Å². The highest BCUT2D eigenvalue weighted by atomic mass is 16.7. The minimum Gasteiger partial charge on any atom is -0.469 e. The SMILES string of the molecule is COC(=O)CCCCCCC1C(=O)CCC1C1C=C(c2ccccn2)ON1. The molecule has 1 N–H and O–H groups in total. The van der Waals surface area contributed by atoms with Crippen LogP contribution in [0.2, 0.25) is 0 Å². The Balaban J connectivity index is 1.48. The third-order valence-electron chi connectivity index (χ3n) is 5.54. The summed E-state index contributed by atoms with van der Waals surface area (Å²) in [5.74, 6) is 1.32. The first kappa shape index (κ1) is 19.5. The number of nitrogens with zero attached hydrogens (tertiary/aromatic N) is 1. The number of esters is 1. The molecular formula is C21H28N2O4. The third kappa shape index (κ3) is 5.16. The van der Waals surface area contributed by atoms with Gasteiger partial charge < -0.3 is 9.57 Å². The number of methoxy groups -OCH3 is 1. The van der Waals surface area contributed by atoms with Crippen molar-refractivity contribution in [3.05, 3.63) is 36.2 Å². The molecular weight excluding hydrogens is 344 g/mol. The number of Topliss-reactive ketones (excluding diaryl/α,β-unsaturated/α-hetero) is 1. The lowest BCUT2D eigenvalue weighted by Crippen LogP contribution is -2.33. The largest absolute Gasteiger partial charge is 0.469 e. The van der Waals surface area contributed by atoms with Crippen LogP contribution in [0.5, 0.6) is 0 Å². The van der Waals surface area contributed by atoms with E-state index in [0.29, 0.717) is 18.6 Å². The summed E-state index contributed by atoms with van der Waals surface area (Å²) in [4.78, 5) is 33.4. The van der Waals surface area contributed by atoms with E-state index in [2.05, 4.69) is 21.3 Å². The highest BCUT2D eigenvalue weighted by Gasteiger charge is 2.40. The van der Waals surface area contributed by atoms with Crippen molar-refractivity contribution in [3.63, 3.8) is 0 Å². The molecule has 0 aromatic carbocycles. The first-order valence-electron chi connectivity index (χ1n) is 9.84. The van der Waals surface area contributed by atoms with Crippen LogP contribution in [0.25, 0.3) is 5.76 Å². The molecule has 1 aliphatic carbocycles. The molecule has 2 heterocycles. The molecule has 6 heteroatoms. The van der Waals surface area contributed by atoms with Crippen LogP contribution in [0.15, 0.2) is 30.5 Å². The summed E-state index contributed by atoms with van der Waals surface area (Å²) in [7, 11) is 1.42. The summed E-state index contributed by atoms with van der Waals surface area (Å²) >= 11 is 0. The Kier molecular flexibility index (Phi) is 6.98. The summed E-state index contributed by atoms with van der Waals surface area (Å²) in [6.07, 6.45) is 10.7. The molecule has 1 fully saturated rings. The predicted molar refractivity (Wildman–Crippen MR) is 101 cm³/mol. The molecule has 3 rings (SSSR count). The van der Waals surface area contributed by atoms with Crippen molar-refractivity contribution in [2.75, 3.05) is 7.11 Å². The van der Waals surface area contributed by atoms with Crippen molar-refractivity contribution < 1.29 is 19.2 Å². The monoisotopic (exact) mass is 372 g/mol. The zero-order valence-electron chi connectivity index (χ0n) is 15.9. The van der Waals surface area contributed by atoms with E-state index in [-0.39, 0.29) is 23.8 Å². The number of carbonyl (C=O) groups excluding carboxylic acids is 2. The van der Waals surface area contributed by atoms with Gasteiger partial charge in [-0.15, -0.1) is 5.48 Å². The topological polar surface area (TPSA) is 77.5 Å². The van der Waals surface area contributed by atoms with E-state index in [1.807, 2.05) is 18.2 Å². The average molecular weight is 372 g/mol. The van der Waals surface area contributed by atoms with E-state index in [1.165, 1.54) is 7.11 Å². The van der Waals surface area contributed by atoms with E-state index >= 15 is 0 Å². The maximum atomic E-state index is 12.4. The average Bonchev–Trinajstić information content (AvgIpc) is 3.32. The van der Waals surface area contributed by atoms with Gasteiger partial charge >= 0.3 is 5.97 Å². The minimum absolute atomic E-state index is 0.0535. The summed E-state index contributed by atoms with van der Waals surface area (Å²) in [5, 5.41) is 0. The van der Waals surface area contributed by atoms with Crippen LogP contribution in [0.3, 0.4) is 0 Å². The quantitative estimate of drug-likeness (QED) is 0.528. The standard InChI is InChI=1S/C21H28N2O4/c1-26-21(25)10-5-3-2-4-8-16-15(11-12-19(16)24)18-14-20(27-23-18)17-9-6-7-13-22-17/h6-7,9,13-16,18,23H,2-5,8,10-12H2,1H3. The smallest absolute Gasteiger partial charge is 0.305 e. The number of ketones is 1. The molecule has 0 radical (unpaired) electrons. The van der Waals surface area contributed by atoms with E-state index in [1.54, 1.807) is 6.20 Å². The molecule has 1 aromatic rings. The van der Waals surface area contributed by atoms with E-state index < -0.39 is 0 Å². The van der Waals surface area contributed by atoms with Gasteiger partial charge in [0.15, 0.2) is 5.76 Å². The van der Waals surface area contributed by atoms with Gasteiger partial charge in [0.1, 0.15) is 11.5 Å². The molecule has 1 aromatic heterocycles. The van der Waals surface area contributed by atoms with Gasteiger partial charge in [-0.1, -0.05) is 25.3 Å². The molecule has 146 valence electrons. The summed E-state index contributed by atoms with van der Waals surface area (Å²) in [6, 6.07) is 5.78. The Morgan fingerprint density at radius 3 is 2.93 bits per heavy atom. The highest BCUT2D eigenvalue weighted by Crippen LogP contribution is 2.38. The number of ether oxygens (including phenoxy) is 1. The van der Waals surface area contributed by atoms with Crippen LogP contribution in [0.1, 0.15) is 57.1 Å². The molecule has 3 unspecified atom stereocenters. The van der Waals surface area contributed by atoms with Crippen molar-refractivity contribution >= 4 is 17.5 Å². The van der Waals surface area contributed by atoms with Crippen LogP contribution in [-0.4, -0.2) is 29.9 Å². The van der Waals surface area contributed by atoms with Crippen molar-refractivity contribution in [3.8, 4) is 0 Å². The second-order valence-corrected chi connectivity index (χ2v) is 7.30. The van der Waals surface area contributed by atoms with Gasteiger partial charge in [-0.3, -0.25) is 14.6 Å². The minimum atomic E-state index is -0.149. The molecule has 6 nitrogen and oxygen atoms in total. The number of unbranched alkanes of at least 4 members (excludes halogenated alkanes) is 3. The molecule has 1 aliphatic heterocycles. The summed E-state index contributed by atoms with van der Waals surface area (Å²) in [6.45, 7) is 0. The van der Waals surface area contributed by atoms with E-state index in [9.17, 15) is 9.59 Å². The van der Waals surface area contributed by atoms with Crippen LogP contribution >= 0.6 is 0 Å².